The van der Waals surface area contributed by atoms with Crippen LogP contribution in [0.4, 0.5) is 16.3 Å². The summed E-state index contributed by atoms with van der Waals surface area (Å²) in [5.41, 5.74) is 0.676. The van der Waals surface area contributed by atoms with Gasteiger partial charge in [0.05, 0.1) is 32.4 Å². The summed E-state index contributed by atoms with van der Waals surface area (Å²) in [5.74, 6) is 0.360. The number of quaternary nitrogens is 1. The van der Waals surface area contributed by atoms with Crippen LogP contribution in [0.15, 0.2) is 42.6 Å². The van der Waals surface area contributed by atoms with E-state index in [0.717, 1.165) is 25.9 Å². The van der Waals surface area contributed by atoms with Gasteiger partial charge >= 0.3 is 6.03 Å². The van der Waals surface area contributed by atoms with Crippen molar-refractivity contribution in [2.75, 3.05) is 30.8 Å². The predicted molar refractivity (Wildman–Crippen MR) is 113 cm³/mol. The molecule has 2 aromatic rings. The minimum absolute atomic E-state index is 0.0696. The first-order valence-electron chi connectivity index (χ1n) is 10.2. The molecule has 3 amide bonds. The summed E-state index contributed by atoms with van der Waals surface area (Å²) in [6.07, 6.45) is 3.77. The summed E-state index contributed by atoms with van der Waals surface area (Å²) in [6, 6.07) is 10.2. The number of nitrogens with one attached hydrogen (secondary N) is 4. The number of nitrogens with zero attached hydrogens (tertiary/aromatic N) is 2. The number of rotatable bonds is 6. The molecule has 0 unspecified atom stereocenters. The summed E-state index contributed by atoms with van der Waals surface area (Å²) >= 11 is 0. The minimum Gasteiger partial charge on any atom is -0.337 e. The Morgan fingerprint density at radius 3 is 2.45 bits per heavy atom. The number of piperidine rings is 1. The van der Waals surface area contributed by atoms with E-state index in [4.69, 9.17) is 0 Å². The Labute approximate surface area is 171 Å². The fourth-order valence-electron chi connectivity index (χ4n) is 3.61. The molecule has 0 radical (unpaired) electrons. The summed E-state index contributed by atoms with van der Waals surface area (Å²) in [5, 5.41) is 12.9. The average molecular weight is 400 g/mol. The second-order valence-electron chi connectivity index (χ2n) is 8.02. The highest BCUT2D eigenvalue weighted by Gasteiger charge is 2.27. The van der Waals surface area contributed by atoms with Crippen LogP contribution in [0.5, 0.6) is 0 Å². The standard InChI is InChI=1S/C21H30N6O2/c1-15(2)19(25-21(29)23-16-7-5-4-6-8-16)20(28)24-18-9-12-22-27(18)17-10-13-26(3)14-11-17/h4-9,12,15,17,19H,10-11,13-14H2,1-3H3,(H,24,28)(H2,23,25,29)/p+1/t19-/m0/s1. The number of likely N-dealkylation sites (tertiary alicyclic amines) is 1. The molecule has 29 heavy (non-hydrogen) atoms. The molecule has 0 bridgehead atoms. The van der Waals surface area contributed by atoms with Crippen LogP contribution in [0.1, 0.15) is 32.7 Å². The fourth-order valence-corrected chi connectivity index (χ4v) is 3.61. The van der Waals surface area contributed by atoms with Crippen molar-refractivity contribution >= 4 is 23.4 Å². The molecule has 156 valence electrons. The molecule has 4 N–H and O–H groups in total. The van der Waals surface area contributed by atoms with Crippen molar-refractivity contribution in [2.24, 2.45) is 5.92 Å². The van der Waals surface area contributed by atoms with Crippen molar-refractivity contribution in [1.29, 1.82) is 0 Å². The van der Waals surface area contributed by atoms with Crippen molar-refractivity contribution in [3.63, 3.8) is 0 Å². The second-order valence-corrected chi connectivity index (χ2v) is 8.02. The molecule has 1 fully saturated rings. The first-order valence-corrected chi connectivity index (χ1v) is 10.2. The smallest absolute Gasteiger partial charge is 0.319 e. The molecule has 0 saturated carbocycles. The summed E-state index contributed by atoms with van der Waals surface area (Å²) < 4.78 is 1.91. The minimum atomic E-state index is -0.663. The third-order valence-corrected chi connectivity index (χ3v) is 5.34. The van der Waals surface area contributed by atoms with E-state index in [1.165, 1.54) is 4.90 Å². The van der Waals surface area contributed by atoms with Gasteiger partial charge in [-0.2, -0.15) is 5.10 Å². The van der Waals surface area contributed by atoms with Crippen LogP contribution in [-0.2, 0) is 4.79 Å². The van der Waals surface area contributed by atoms with Gasteiger partial charge in [-0.3, -0.25) is 4.79 Å². The van der Waals surface area contributed by atoms with Crippen molar-refractivity contribution in [3.05, 3.63) is 42.6 Å². The highest BCUT2D eigenvalue weighted by Crippen LogP contribution is 2.21. The van der Waals surface area contributed by atoms with Gasteiger partial charge in [0, 0.05) is 24.6 Å². The molecule has 0 aliphatic carbocycles. The van der Waals surface area contributed by atoms with E-state index < -0.39 is 12.1 Å². The summed E-state index contributed by atoms with van der Waals surface area (Å²) in [4.78, 5) is 26.8. The zero-order valence-corrected chi connectivity index (χ0v) is 17.3. The van der Waals surface area contributed by atoms with E-state index in [-0.39, 0.29) is 17.9 Å². The van der Waals surface area contributed by atoms with E-state index in [0.29, 0.717) is 11.5 Å². The second kappa shape index (κ2) is 9.56. The van der Waals surface area contributed by atoms with Gasteiger partial charge in [0.1, 0.15) is 11.9 Å². The number of anilines is 2. The zero-order chi connectivity index (χ0) is 20.8. The molecule has 1 atom stereocenters. The largest absolute Gasteiger partial charge is 0.337 e. The molecule has 1 aromatic heterocycles. The lowest BCUT2D eigenvalue weighted by atomic mass is 10.0. The van der Waals surface area contributed by atoms with Crippen LogP contribution in [0.3, 0.4) is 0 Å². The number of hydrogen-bond donors (Lipinski definition) is 4. The molecular weight excluding hydrogens is 368 g/mol. The van der Waals surface area contributed by atoms with Crippen LogP contribution in [0, 0.1) is 5.92 Å². The highest BCUT2D eigenvalue weighted by atomic mass is 16.2. The lowest BCUT2D eigenvalue weighted by molar-refractivity contribution is -0.885. The lowest BCUT2D eigenvalue weighted by Gasteiger charge is -2.28. The number of aromatic nitrogens is 2. The van der Waals surface area contributed by atoms with E-state index in [9.17, 15) is 9.59 Å². The van der Waals surface area contributed by atoms with E-state index in [1.54, 1.807) is 18.3 Å². The fraction of sp³-hybridized carbons (Fsp3) is 0.476. The Hall–Kier alpha value is -2.87. The monoisotopic (exact) mass is 399 g/mol. The van der Waals surface area contributed by atoms with E-state index in [2.05, 4.69) is 28.1 Å². The maximum atomic E-state index is 12.9. The molecule has 1 aromatic carbocycles. The Morgan fingerprint density at radius 2 is 1.79 bits per heavy atom. The van der Waals surface area contributed by atoms with Crippen LogP contribution in [0.2, 0.25) is 0 Å². The number of amides is 3. The maximum Gasteiger partial charge on any atom is 0.319 e. The van der Waals surface area contributed by atoms with Crippen molar-refractivity contribution < 1.29 is 14.5 Å². The summed E-state index contributed by atoms with van der Waals surface area (Å²) in [6.45, 7) is 6.00. The SMILES string of the molecule is CC(C)[C@H](NC(=O)Nc1ccccc1)C(=O)Nc1ccnn1C1CC[NH+](C)CC1. The van der Waals surface area contributed by atoms with Crippen LogP contribution >= 0.6 is 0 Å². The van der Waals surface area contributed by atoms with Gasteiger partial charge in [-0.05, 0) is 18.1 Å². The molecule has 8 nitrogen and oxygen atoms in total. The quantitative estimate of drug-likeness (QED) is 0.593. The molecule has 3 rings (SSSR count). The molecule has 0 spiro atoms. The highest BCUT2D eigenvalue weighted by molar-refractivity contribution is 5.98. The van der Waals surface area contributed by atoms with E-state index >= 15 is 0 Å². The zero-order valence-electron chi connectivity index (χ0n) is 17.3. The van der Waals surface area contributed by atoms with Gasteiger partial charge in [-0.1, -0.05) is 32.0 Å². The van der Waals surface area contributed by atoms with E-state index in [1.807, 2.05) is 42.8 Å². The predicted octanol–water partition coefficient (Wildman–Crippen LogP) is 1.52. The normalized spacial score (nSPS) is 20.1. The number of carbonyl (C=O) groups excluding carboxylic acids is 2. The van der Waals surface area contributed by atoms with Gasteiger partial charge in [0.25, 0.3) is 0 Å². The molecule has 1 saturated heterocycles. The number of benzene rings is 1. The topological polar surface area (TPSA) is 92.5 Å². The Kier molecular flexibility index (Phi) is 6.87. The summed E-state index contributed by atoms with van der Waals surface area (Å²) in [7, 11) is 2.20. The van der Waals surface area contributed by atoms with Crippen molar-refractivity contribution in [2.45, 2.75) is 38.8 Å². The van der Waals surface area contributed by atoms with Crippen LogP contribution in [0.25, 0.3) is 0 Å². The van der Waals surface area contributed by atoms with Gasteiger partial charge in [-0.15, -0.1) is 0 Å². The third-order valence-electron chi connectivity index (χ3n) is 5.34. The van der Waals surface area contributed by atoms with Gasteiger partial charge in [-0.25, -0.2) is 9.48 Å². The molecule has 8 heteroatoms. The van der Waals surface area contributed by atoms with Crippen molar-refractivity contribution in [1.82, 2.24) is 15.1 Å². The molecule has 2 heterocycles. The maximum absolute atomic E-state index is 12.9. The van der Waals surface area contributed by atoms with Crippen molar-refractivity contribution in [3.8, 4) is 0 Å². The van der Waals surface area contributed by atoms with Crippen LogP contribution in [-0.4, -0.2) is 47.9 Å². The number of para-hydroxylation sites is 1. The Morgan fingerprint density at radius 1 is 1.10 bits per heavy atom. The average Bonchev–Trinajstić information content (AvgIpc) is 3.15. The Bertz CT molecular complexity index is 812. The first kappa shape index (κ1) is 20.9. The van der Waals surface area contributed by atoms with Gasteiger partial charge in [0.2, 0.25) is 5.91 Å². The Balaban J connectivity index is 1.63. The lowest BCUT2D eigenvalue weighted by Crippen LogP contribution is -3.10. The molecule has 1 aliphatic rings. The number of urea groups is 1. The first-order chi connectivity index (χ1) is 13.9. The van der Waals surface area contributed by atoms with Gasteiger partial charge in [0.15, 0.2) is 0 Å². The molecule has 1 aliphatic heterocycles. The number of hydrogen-bond acceptors (Lipinski definition) is 3. The third kappa shape index (κ3) is 5.57. The number of carbonyl (C=O) groups is 2. The van der Waals surface area contributed by atoms with Crippen LogP contribution < -0.4 is 20.9 Å². The van der Waals surface area contributed by atoms with Gasteiger partial charge < -0.3 is 20.9 Å². The molecular formula is C21H31N6O2+.